The Morgan fingerprint density at radius 1 is 1.22 bits per heavy atom. The molecular formula is C24H27F3N6O3. The lowest BCUT2D eigenvalue weighted by molar-refractivity contribution is -0.137. The number of rotatable bonds is 8. The molecule has 2 aliphatic rings. The maximum absolute atomic E-state index is 13.8. The lowest BCUT2D eigenvalue weighted by Crippen LogP contribution is -2.33. The van der Waals surface area contributed by atoms with Crippen molar-refractivity contribution in [1.82, 2.24) is 14.9 Å². The molecule has 1 saturated heterocycles. The minimum absolute atomic E-state index is 0.0448. The topological polar surface area (TPSA) is 119 Å². The number of alkyl halides is 3. The van der Waals surface area contributed by atoms with Crippen molar-refractivity contribution in [3.05, 3.63) is 48.2 Å². The molecule has 1 aliphatic carbocycles. The molecule has 2 amide bonds. The average Bonchev–Trinajstić information content (AvgIpc) is 3.26. The van der Waals surface area contributed by atoms with Gasteiger partial charge in [-0.3, -0.25) is 9.59 Å². The van der Waals surface area contributed by atoms with E-state index >= 15 is 0 Å². The first-order valence-corrected chi connectivity index (χ1v) is 11.6. The number of hydrogen-bond donors (Lipinski definition) is 4. The van der Waals surface area contributed by atoms with Gasteiger partial charge in [0.15, 0.2) is 0 Å². The predicted molar refractivity (Wildman–Crippen MR) is 128 cm³/mol. The number of anilines is 4. The first-order valence-electron chi connectivity index (χ1n) is 11.6. The summed E-state index contributed by atoms with van der Waals surface area (Å²) >= 11 is 0. The molecule has 36 heavy (non-hydrogen) atoms. The Bertz CT molecular complexity index is 1150. The number of halogens is 3. The van der Waals surface area contributed by atoms with E-state index in [-0.39, 0.29) is 24.2 Å². The van der Waals surface area contributed by atoms with Crippen LogP contribution in [0.3, 0.4) is 0 Å². The van der Waals surface area contributed by atoms with Gasteiger partial charge >= 0.3 is 6.18 Å². The standard InChI is InChI=1S/C24H27F3N6O3/c1-2-20(35)30-19-10-15(14-4-3-5-14)6-7-18(19)31-22-17(24(25,26)27)11-28-23(32-22)29-16-8-9-33(12-16)21(36)13-34/h2,6-7,10-11,14,16,34H,1,3-5,8-9,12-13H2,(H,30,35)(H2,28,29,31,32)/t16-/m1/s1. The number of likely N-dealkylation sites (tertiary alicyclic amines) is 1. The molecule has 1 aromatic heterocycles. The second-order valence-electron chi connectivity index (χ2n) is 8.83. The molecule has 1 saturated carbocycles. The van der Waals surface area contributed by atoms with Crippen molar-refractivity contribution in [2.75, 3.05) is 35.6 Å². The zero-order valence-corrected chi connectivity index (χ0v) is 19.4. The van der Waals surface area contributed by atoms with Crippen molar-refractivity contribution in [3.63, 3.8) is 0 Å². The van der Waals surface area contributed by atoms with E-state index in [0.717, 1.165) is 30.9 Å². The fourth-order valence-electron chi connectivity index (χ4n) is 4.22. The number of carbonyl (C=O) groups is 2. The third-order valence-corrected chi connectivity index (χ3v) is 6.42. The lowest BCUT2D eigenvalue weighted by atomic mass is 9.80. The number of aliphatic hydroxyl groups excluding tert-OH is 1. The van der Waals surface area contributed by atoms with Gasteiger partial charge < -0.3 is 26.0 Å². The summed E-state index contributed by atoms with van der Waals surface area (Å²) < 4.78 is 41.3. The lowest BCUT2D eigenvalue weighted by Gasteiger charge is -2.27. The number of hydrogen-bond acceptors (Lipinski definition) is 7. The van der Waals surface area contributed by atoms with E-state index in [1.54, 1.807) is 12.1 Å². The number of amides is 2. The van der Waals surface area contributed by atoms with Gasteiger partial charge in [-0.25, -0.2) is 4.98 Å². The summed E-state index contributed by atoms with van der Waals surface area (Å²) in [7, 11) is 0. The SMILES string of the molecule is C=CC(=O)Nc1cc(C2CCC2)ccc1Nc1nc(N[C@@H]2CCN(C(=O)CO)C2)ncc1C(F)(F)F. The highest BCUT2D eigenvalue weighted by molar-refractivity contribution is 6.01. The molecule has 4 N–H and O–H groups in total. The Morgan fingerprint density at radius 3 is 2.64 bits per heavy atom. The quantitative estimate of drug-likeness (QED) is 0.405. The summed E-state index contributed by atoms with van der Waals surface area (Å²) in [5.41, 5.74) is 0.486. The molecule has 0 bridgehead atoms. The molecule has 2 aromatic rings. The molecule has 192 valence electrons. The van der Waals surface area contributed by atoms with Crippen LogP contribution < -0.4 is 16.0 Å². The third kappa shape index (κ3) is 5.76. The highest BCUT2D eigenvalue weighted by Gasteiger charge is 2.36. The van der Waals surface area contributed by atoms with Crippen LogP contribution in [0.15, 0.2) is 37.1 Å². The summed E-state index contributed by atoms with van der Waals surface area (Å²) in [6, 6.07) is 4.92. The summed E-state index contributed by atoms with van der Waals surface area (Å²) in [5, 5.41) is 17.4. The van der Waals surface area contributed by atoms with Gasteiger partial charge in [0.25, 0.3) is 0 Å². The highest BCUT2D eigenvalue weighted by Crippen LogP contribution is 2.40. The smallest absolute Gasteiger partial charge is 0.387 e. The number of nitrogens with zero attached hydrogens (tertiary/aromatic N) is 3. The van der Waals surface area contributed by atoms with E-state index in [1.165, 1.54) is 4.90 Å². The molecular weight excluding hydrogens is 477 g/mol. The number of benzene rings is 1. The summed E-state index contributed by atoms with van der Waals surface area (Å²) in [6.45, 7) is 3.50. The van der Waals surface area contributed by atoms with Crippen LogP contribution in [0, 0.1) is 0 Å². The van der Waals surface area contributed by atoms with Gasteiger partial charge in [-0.15, -0.1) is 0 Å². The second kappa shape index (κ2) is 10.5. The number of aromatic nitrogens is 2. The number of aliphatic hydroxyl groups is 1. The van der Waals surface area contributed by atoms with Crippen molar-refractivity contribution >= 4 is 35.0 Å². The molecule has 0 spiro atoms. The van der Waals surface area contributed by atoms with E-state index in [1.807, 2.05) is 6.07 Å². The Morgan fingerprint density at radius 2 is 2.00 bits per heavy atom. The van der Waals surface area contributed by atoms with Crippen LogP contribution >= 0.6 is 0 Å². The normalized spacial score (nSPS) is 17.9. The van der Waals surface area contributed by atoms with Crippen LogP contribution in [0.1, 0.15) is 42.7 Å². The van der Waals surface area contributed by atoms with E-state index in [9.17, 15) is 22.8 Å². The first kappa shape index (κ1) is 25.4. The number of carbonyl (C=O) groups excluding carboxylic acids is 2. The summed E-state index contributed by atoms with van der Waals surface area (Å²) in [4.78, 5) is 33.0. The van der Waals surface area contributed by atoms with E-state index in [2.05, 4.69) is 32.5 Å². The van der Waals surface area contributed by atoms with Crippen LogP contribution in [-0.4, -0.2) is 57.5 Å². The molecule has 0 radical (unpaired) electrons. The van der Waals surface area contributed by atoms with E-state index in [4.69, 9.17) is 5.11 Å². The second-order valence-corrected chi connectivity index (χ2v) is 8.83. The molecule has 1 atom stereocenters. The predicted octanol–water partition coefficient (Wildman–Crippen LogP) is 3.64. The largest absolute Gasteiger partial charge is 0.421 e. The molecule has 2 heterocycles. The molecule has 1 aliphatic heterocycles. The monoisotopic (exact) mass is 504 g/mol. The van der Waals surface area contributed by atoms with Crippen molar-refractivity contribution in [2.24, 2.45) is 0 Å². The van der Waals surface area contributed by atoms with Crippen molar-refractivity contribution in [2.45, 2.75) is 43.8 Å². The molecule has 2 fully saturated rings. The minimum atomic E-state index is -4.73. The van der Waals surface area contributed by atoms with Gasteiger partial charge in [0.2, 0.25) is 17.8 Å². The molecule has 4 rings (SSSR count). The van der Waals surface area contributed by atoms with E-state index in [0.29, 0.717) is 30.8 Å². The molecule has 1 aromatic carbocycles. The Balaban J connectivity index is 1.61. The Kier molecular flexibility index (Phi) is 7.43. The zero-order chi connectivity index (χ0) is 25.9. The summed E-state index contributed by atoms with van der Waals surface area (Å²) in [5.74, 6) is -1.09. The zero-order valence-electron chi connectivity index (χ0n) is 19.4. The molecule has 0 unspecified atom stereocenters. The van der Waals surface area contributed by atoms with Crippen molar-refractivity contribution in [1.29, 1.82) is 0 Å². The van der Waals surface area contributed by atoms with E-state index < -0.39 is 36.0 Å². The van der Waals surface area contributed by atoms with Crippen LogP contribution in [0.2, 0.25) is 0 Å². The van der Waals surface area contributed by atoms with Gasteiger partial charge in [-0.1, -0.05) is 19.1 Å². The fraction of sp³-hybridized carbons (Fsp3) is 0.417. The van der Waals surface area contributed by atoms with Gasteiger partial charge in [0, 0.05) is 25.3 Å². The van der Waals surface area contributed by atoms with Crippen LogP contribution in [0.5, 0.6) is 0 Å². The van der Waals surface area contributed by atoms with Crippen molar-refractivity contribution < 1.29 is 27.9 Å². The Labute approximate surface area is 205 Å². The van der Waals surface area contributed by atoms with Crippen LogP contribution in [0.25, 0.3) is 0 Å². The van der Waals surface area contributed by atoms with Gasteiger partial charge in [0.1, 0.15) is 18.0 Å². The highest BCUT2D eigenvalue weighted by atomic mass is 19.4. The van der Waals surface area contributed by atoms with Crippen LogP contribution in [0.4, 0.5) is 36.3 Å². The minimum Gasteiger partial charge on any atom is -0.387 e. The van der Waals surface area contributed by atoms with Crippen molar-refractivity contribution in [3.8, 4) is 0 Å². The van der Waals surface area contributed by atoms with Gasteiger partial charge in [-0.2, -0.15) is 18.2 Å². The van der Waals surface area contributed by atoms with Gasteiger partial charge in [0.05, 0.1) is 11.4 Å². The van der Waals surface area contributed by atoms with Gasteiger partial charge in [-0.05, 0) is 49.0 Å². The molecule has 12 heteroatoms. The number of nitrogens with one attached hydrogen (secondary N) is 3. The summed E-state index contributed by atoms with van der Waals surface area (Å²) in [6.07, 6.45) is 0.715. The maximum Gasteiger partial charge on any atom is 0.421 e. The average molecular weight is 505 g/mol. The Hall–Kier alpha value is -3.67. The maximum atomic E-state index is 13.8. The first-order chi connectivity index (χ1) is 17.2. The molecule has 9 nitrogen and oxygen atoms in total. The third-order valence-electron chi connectivity index (χ3n) is 6.42. The van der Waals surface area contributed by atoms with Crippen LogP contribution in [-0.2, 0) is 15.8 Å². The fourth-order valence-corrected chi connectivity index (χ4v) is 4.22.